The molecule has 0 nitrogen and oxygen atoms in total. The van der Waals surface area contributed by atoms with E-state index in [4.69, 9.17) is 11.6 Å². The maximum Gasteiger partial charge on any atom is 0.0526 e. The van der Waals surface area contributed by atoms with Crippen LogP contribution in [0.1, 0.15) is 12.5 Å². The highest BCUT2D eigenvalue weighted by Crippen LogP contribution is 2.29. The average molecular weight is 199 g/mol. The molecule has 0 bridgehead atoms. The van der Waals surface area contributed by atoms with Crippen LogP contribution in [0.2, 0.25) is 5.02 Å². The van der Waals surface area contributed by atoms with Crippen LogP contribution in [0.3, 0.4) is 0 Å². The molecule has 0 aromatic heterocycles. The second-order valence-electron chi connectivity index (χ2n) is 2.86. The van der Waals surface area contributed by atoms with Crippen molar-refractivity contribution >= 4 is 24.2 Å². The van der Waals surface area contributed by atoms with Crippen molar-refractivity contribution in [3.05, 3.63) is 47.5 Å². The van der Waals surface area contributed by atoms with E-state index in [1.165, 1.54) is 0 Å². The Balaban J connectivity index is 3.04. The second-order valence-corrected chi connectivity index (χ2v) is 4.22. The minimum absolute atomic E-state index is 0.273. The molecular formula is C10H11ClS. The molecule has 1 aromatic rings. The smallest absolute Gasteiger partial charge is 0.0526 e. The highest BCUT2D eigenvalue weighted by Gasteiger charge is 2.16. The first-order valence-corrected chi connectivity index (χ1v) is 4.51. The molecule has 1 atom stereocenters. The van der Waals surface area contributed by atoms with Crippen molar-refractivity contribution in [1.82, 2.24) is 0 Å². The van der Waals surface area contributed by atoms with Crippen molar-refractivity contribution < 1.29 is 0 Å². The topological polar surface area (TPSA) is 0 Å². The first-order valence-electron chi connectivity index (χ1n) is 3.68. The summed E-state index contributed by atoms with van der Waals surface area (Å²) in [4.78, 5) is 0. The predicted molar refractivity (Wildman–Crippen MR) is 58.0 cm³/mol. The lowest BCUT2D eigenvalue weighted by atomic mass is 10.0. The minimum Gasteiger partial charge on any atom is -0.164 e. The molecule has 0 unspecified atom stereocenters. The highest BCUT2D eigenvalue weighted by atomic mass is 35.5. The molecule has 2 heteroatoms. The number of thiol groups is 1. The number of benzene rings is 1. The van der Waals surface area contributed by atoms with Gasteiger partial charge in [0.1, 0.15) is 0 Å². The lowest BCUT2D eigenvalue weighted by Gasteiger charge is -2.18. The summed E-state index contributed by atoms with van der Waals surface area (Å²) < 4.78 is -0.273. The normalized spacial score (nSPS) is 15.2. The molecule has 0 spiro atoms. The van der Waals surface area contributed by atoms with Crippen LogP contribution in [-0.4, -0.2) is 0 Å². The van der Waals surface area contributed by atoms with Crippen LogP contribution >= 0.6 is 24.2 Å². The van der Waals surface area contributed by atoms with Crippen LogP contribution in [0, 0.1) is 0 Å². The number of halogens is 1. The van der Waals surface area contributed by atoms with E-state index in [1.54, 1.807) is 6.08 Å². The molecular weight excluding hydrogens is 188 g/mol. The third-order valence-corrected chi connectivity index (χ3v) is 2.52. The van der Waals surface area contributed by atoms with Crippen LogP contribution < -0.4 is 0 Å². The molecule has 0 aliphatic carbocycles. The monoisotopic (exact) mass is 198 g/mol. The summed E-state index contributed by atoms with van der Waals surface area (Å²) in [7, 11) is 0. The Morgan fingerprint density at radius 3 is 2.33 bits per heavy atom. The maximum atomic E-state index is 5.75. The second kappa shape index (κ2) is 3.55. The molecule has 0 saturated heterocycles. The van der Waals surface area contributed by atoms with Gasteiger partial charge in [0.05, 0.1) is 4.75 Å². The first-order chi connectivity index (χ1) is 5.56. The molecule has 1 aromatic carbocycles. The van der Waals surface area contributed by atoms with Crippen LogP contribution in [0.15, 0.2) is 36.9 Å². The van der Waals surface area contributed by atoms with Crippen LogP contribution in [0.25, 0.3) is 0 Å². The van der Waals surface area contributed by atoms with Gasteiger partial charge in [0, 0.05) is 5.02 Å². The summed E-state index contributed by atoms with van der Waals surface area (Å²) in [6, 6.07) is 7.62. The summed E-state index contributed by atoms with van der Waals surface area (Å²) in [5.41, 5.74) is 1.10. The summed E-state index contributed by atoms with van der Waals surface area (Å²) in [5.74, 6) is 0. The molecule has 0 saturated carbocycles. The van der Waals surface area contributed by atoms with Crippen LogP contribution in [0.4, 0.5) is 0 Å². The first kappa shape index (κ1) is 9.69. The van der Waals surface area contributed by atoms with Gasteiger partial charge < -0.3 is 0 Å². The van der Waals surface area contributed by atoms with Gasteiger partial charge in [0.25, 0.3) is 0 Å². The fourth-order valence-corrected chi connectivity index (χ4v) is 1.18. The van der Waals surface area contributed by atoms with Gasteiger partial charge in [0.2, 0.25) is 0 Å². The van der Waals surface area contributed by atoms with E-state index in [2.05, 4.69) is 19.2 Å². The van der Waals surface area contributed by atoms with E-state index in [0.29, 0.717) is 0 Å². The maximum absolute atomic E-state index is 5.75. The van der Waals surface area contributed by atoms with Gasteiger partial charge in [-0.1, -0.05) is 29.8 Å². The van der Waals surface area contributed by atoms with Crippen molar-refractivity contribution in [1.29, 1.82) is 0 Å². The molecule has 0 radical (unpaired) electrons. The van der Waals surface area contributed by atoms with Gasteiger partial charge in [-0.05, 0) is 24.6 Å². The molecule has 1 rings (SSSR count). The van der Waals surface area contributed by atoms with Gasteiger partial charge in [0.15, 0.2) is 0 Å². The lowest BCUT2D eigenvalue weighted by Crippen LogP contribution is -2.08. The third-order valence-electron chi connectivity index (χ3n) is 1.83. The summed E-state index contributed by atoms with van der Waals surface area (Å²) in [5, 5.41) is 0.743. The van der Waals surface area contributed by atoms with Gasteiger partial charge in [-0.2, -0.15) is 12.6 Å². The third kappa shape index (κ3) is 2.05. The van der Waals surface area contributed by atoms with Crippen LogP contribution in [0.5, 0.6) is 0 Å². The highest BCUT2D eigenvalue weighted by molar-refractivity contribution is 7.81. The molecule has 0 N–H and O–H groups in total. The molecule has 0 fully saturated rings. The predicted octanol–water partition coefficient (Wildman–Crippen LogP) is 3.67. The Morgan fingerprint density at radius 1 is 1.42 bits per heavy atom. The molecule has 12 heavy (non-hydrogen) atoms. The summed E-state index contributed by atoms with van der Waals surface area (Å²) in [6.07, 6.45) is 1.80. The average Bonchev–Trinajstić information content (AvgIpc) is 2.05. The Morgan fingerprint density at radius 2 is 1.92 bits per heavy atom. The van der Waals surface area contributed by atoms with Crippen molar-refractivity contribution in [2.75, 3.05) is 0 Å². The number of rotatable bonds is 2. The largest absolute Gasteiger partial charge is 0.164 e. The number of hydrogen-bond acceptors (Lipinski definition) is 1. The van der Waals surface area contributed by atoms with E-state index in [1.807, 2.05) is 31.2 Å². The fourth-order valence-electron chi connectivity index (χ4n) is 0.905. The molecule has 0 heterocycles. The molecule has 0 aliphatic heterocycles. The van der Waals surface area contributed by atoms with Gasteiger partial charge in [-0.25, -0.2) is 0 Å². The SMILES string of the molecule is C=C[C@@](C)(S)c1ccc(Cl)cc1. The van der Waals surface area contributed by atoms with Gasteiger partial charge >= 0.3 is 0 Å². The Bertz CT molecular complexity index is 274. The zero-order valence-electron chi connectivity index (χ0n) is 6.92. The molecule has 64 valence electrons. The lowest BCUT2D eigenvalue weighted by molar-refractivity contribution is 0.892. The van der Waals surface area contributed by atoms with E-state index >= 15 is 0 Å². The van der Waals surface area contributed by atoms with E-state index in [9.17, 15) is 0 Å². The van der Waals surface area contributed by atoms with Gasteiger partial charge in [-0.15, -0.1) is 6.58 Å². The summed E-state index contributed by atoms with van der Waals surface area (Å²) in [6.45, 7) is 5.71. The van der Waals surface area contributed by atoms with Gasteiger partial charge in [-0.3, -0.25) is 0 Å². The van der Waals surface area contributed by atoms with E-state index in [0.717, 1.165) is 10.6 Å². The fraction of sp³-hybridized carbons (Fsp3) is 0.200. The van der Waals surface area contributed by atoms with Crippen molar-refractivity contribution in [3.8, 4) is 0 Å². The van der Waals surface area contributed by atoms with E-state index < -0.39 is 0 Å². The van der Waals surface area contributed by atoms with Crippen molar-refractivity contribution in [2.45, 2.75) is 11.7 Å². The minimum atomic E-state index is -0.273. The van der Waals surface area contributed by atoms with Crippen molar-refractivity contribution in [2.24, 2.45) is 0 Å². The Labute approximate surface area is 83.7 Å². The quantitative estimate of drug-likeness (QED) is 0.544. The Hall–Kier alpha value is -0.400. The standard InChI is InChI=1S/C10H11ClS/c1-3-10(2,12)8-4-6-9(11)7-5-8/h3-7,12H,1H2,2H3/t10-/m1/s1. The summed E-state index contributed by atoms with van der Waals surface area (Å²) >= 11 is 10.2. The molecule has 0 aliphatic rings. The Kier molecular flexibility index (Phi) is 2.86. The zero-order valence-corrected chi connectivity index (χ0v) is 8.57. The van der Waals surface area contributed by atoms with Crippen molar-refractivity contribution in [3.63, 3.8) is 0 Å². The van der Waals surface area contributed by atoms with E-state index in [-0.39, 0.29) is 4.75 Å². The molecule has 0 amide bonds. The zero-order chi connectivity index (χ0) is 9.19. The number of hydrogen-bond donors (Lipinski definition) is 1. The van der Waals surface area contributed by atoms with Crippen LogP contribution in [-0.2, 0) is 4.75 Å².